The fourth-order valence-electron chi connectivity index (χ4n) is 1.04. The summed E-state index contributed by atoms with van der Waals surface area (Å²) in [5.74, 6) is -2.13. The second-order valence-electron chi connectivity index (χ2n) is 3.15. The second-order valence-corrected chi connectivity index (χ2v) is 5.18. The summed E-state index contributed by atoms with van der Waals surface area (Å²) in [6, 6.07) is -0.961. The molecule has 2 unspecified atom stereocenters. The van der Waals surface area contributed by atoms with Gasteiger partial charge in [-0.25, -0.2) is 13.1 Å². The van der Waals surface area contributed by atoms with Crippen molar-refractivity contribution in [2.24, 2.45) is 0 Å². The Balaban J connectivity index is 2.72. The van der Waals surface area contributed by atoms with Crippen LogP contribution in [0.3, 0.4) is 0 Å². The Morgan fingerprint density at radius 3 is 2.67 bits per heavy atom. The van der Waals surface area contributed by atoms with Gasteiger partial charge in [0.15, 0.2) is 5.25 Å². The molecule has 0 saturated carbocycles. The number of esters is 1. The van der Waals surface area contributed by atoms with E-state index >= 15 is 0 Å². The van der Waals surface area contributed by atoms with Gasteiger partial charge in [-0.2, -0.15) is 0 Å². The molecule has 0 aromatic carbocycles. The summed E-state index contributed by atoms with van der Waals surface area (Å²) in [6.45, 7) is 1.18. The van der Waals surface area contributed by atoms with Crippen molar-refractivity contribution in [2.45, 2.75) is 24.6 Å². The van der Waals surface area contributed by atoms with Crippen LogP contribution >= 0.6 is 0 Å². The van der Waals surface area contributed by atoms with Gasteiger partial charge in [-0.15, -0.1) is 0 Å². The van der Waals surface area contributed by atoms with E-state index in [9.17, 15) is 18.0 Å². The zero-order valence-electron chi connectivity index (χ0n) is 7.97. The van der Waals surface area contributed by atoms with Crippen LogP contribution in [0, 0.1) is 0 Å². The Morgan fingerprint density at radius 2 is 2.27 bits per heavy atom. The molecular weight excluding hydrogens is 226 g/mol. The maximum atomic E-state index is 11.4. The summed E-state index contributed by atoms with van der Waals surface area (Å²) in [4.78, 5) is 21.4. The molecule has 0 amide bonds. The molecule has 1 heterocycles. The van der Waals surface area contributed by atoms with Crippen LogP contribution < -0.4 is 4.72 Å². The van der Waals surface area contributed by atoms with Crippen LogP contribution in [0.2, 0.25) is 0 Å². The number of hydrogen-bond donors (Lipinski definition) is 2. The van der Waals surface area contributed by atoms with E-state index in [4.69, 9.17) is 5.11 Å². The van der Waals surface area contributed by atoms with Crippen molar-refractivity contribution in [2.75, 3.05) is 6.61 Å². The van der Waals surface area contributed by atoms with Gasteiger partial charge in [0.1, 0.15) is 6.04 Å². The number of aliphatic carboxylic acids is 1. The lowest BCUT2D eigenvalue weighted by Crippen LogP contribution is -2.44. The standard InChI is InChI=1S/C7H11NO6S/c1-4(6(9)10)15(12,13)8-5-2-3-14-7(5)11/h4-5,8H,2-3H2,1H3,(H,9,10). The summed E-state index contributed by atoms with van der Waals surface area (Å²) >= 11 is 0. The Kier molecular flexibility index (Phi) is 3.30. The lowest BCUT2D eigenvalue weighted by Gasteiger charge is -2.12. The lowest BCUT2D eigenvalue weighted by atomic mass is 10.3. The fraction of sp³-hybridized carbons (Fsp3) is 0.714. The van der Waals surface area contributed by atoms with E-state index in [1.165, 1.54) is 0 Å². The number of carbonyl (C=O) groups excluding carboxylic acids is 1. The minimum atomic E-state index is -4.03. The van der Waals surface area contributed by atoms with Crippen LogP contribution in [0.15, 0.2) is 0 Å². The highest BCUT2D eigenvalue weighted by Crippen LogP contribution is 2.09. The van der Waals surface area contributed by atoms with E-state index in [-0.39, 0.29) is 13.0 Å². The van der Waals surface area contributed by atoms with Gasteiger partial charge in [-0.3, -0.25) is 9.59 Å². The average molecular weight is 237 g/mol. The molecule has 15 heavy (non-hydrogen) atoms. The number of carbonyl (C=O) groups is 2. The highest BCUT2D eigenvalue weighted by molar-refractivity contribution is 7.90. The summed E-state index contributed by atoms with van der Waals surface area (Å²) in [5, 5.41) is 6.93. The van der Waals surface area contributed by atoms with Gasteiger partial charge in [0, 0.05) is 6.42 Å². The van der Waals surface area contributed by atoms with Crippen LogP contribution in [0.1, 0.15) is 13.3 Å². The zero-order valence-corrected chi connectivity index (χ0v) is 8.78. The number of carboxylic acid groups (broad SMARTS) is 1. The van der Waals surface area contributed by atoms with Gasteiger partial charge in [0.05, 0.1) is 6.61 Å². The van der Waals surface area contributed by atoms with E-state index in [2.05, 4.69) is 4.74 Å². The van der Waals surface area contributed by atoms with Crippen molar-refractivity contribution in [1.29, 1.82) is 0 Å². The minimum Gasteiger partial charge on any atom is -0.480 e. The zero-order chi connectivity index (χ0) is 11.6. The molecule has 7 nitrogen and oxygen atoms in total. The molecule has 1 rings (SSSR count). The minimum absolute atomic E-state index is 0.146. The van der Waals surface area contributed by atoms with Crippen molar-refractivity contribution >= 4 is 22.0 Å². The molecular formula is C7H11NO6S. The summed E-state index contributed by atoms with van der Waals surface area (Å²) in [6.07, 6.45) is 0.227. The highest BCUT2D eigenvalue weighted by atomic mass is 32.2. The Bertz CT molecular complexity index is 375. The maximum Gasteiger partial charge on any atom is 0.324 e. The Morgan fingerprint density at radius 1 is 1.67 bits per heavy atom. The first-order valence-electron chi connectivity index (χ1n) is 4.25. The molecule has 1 fully saturated rings. The third-order valence-corrected chi connectivity index (χ3v) is 3.80. The van der Waals surface area contributed by atoms with Gasteiger partial charge in [0.25, 0.3) is 0 Å². The predicted molar refractivity (Wildman–Crippen MR) is 48.5 cm³/mol. The smallest absolute Gasteiger partial charge is 0.324 e. The van der Waals surface area contributed by atoms with Gasteiger partial charge in [-0.1, -0.05) is 0 Å². The molecule has 2 atom stereocenters. The van der Waals surface area contributed by atoms with E-state index in [0.717, 1.165) is 6.92 Å². The van der Waals surface area contributed by atoms with Crippen molar-refractivity contribution in [3.05, 3.63) is 0 Å². The molecule has 0 bridgehead atoms. The Labute approximate surface area is 86.5 Å². The topological polar surface area (TPSA) is 110 Å². The van der Waals surface area contributed by atoms with Crippen LogP contribution in [-0.2, 0) is 24.3 Å². The van der Waals surface area contributed by atoms with Crippen LogP contribution in [0.4, 0.5) is 0 Å². The molecule has 86 valence electrons. The number of carboxylic acids is 1. The normalized spacial score (nSPS) is 23.5. The number of cyclic esters (lactones) is 1. The first-order chi connectivity index (χ1) is 6.84. The molecule has 0 aliphatic carbocycles. The third kappa shape index (κ3) is 2.66. The van der Waals surface area contributed by atoms with Crippen molar-refractivity contribution in [3.8, 4) is 0 Å². The largest absolute Gasteiger partial charge is 0.480 e. The number of sulfonamides is 1. The van der Waals surface area contributed by atoms with E-state index in [1.807, 2.05) is 4.72 Å². The number of ether oxygens (including phenoxy) is 1. The molecule has 0 aromatic heterocycles. The molecule has 0 aromatic rings. The van der Waals surface area contributed by atoms with Crippen LogP contribution in [0.25, 0.3) is 0 Å². The summed E-state index contributed by atoms with van der Waals surface area (Å²) in [7, 11) is -4.03. The molecule has 1 aliphatic heterocycles. The molecule has 0 spiro atoms. The fourth-order valence-corrected chi connectivity index (χ4v) is 2.12. The SMILES string of the molecule is CC(C(=O)O)S(=O)(=O)NC1CCOC1=O. The van der Waals surface area contributed by atoms with E-state index in [1.54, 1.807) is 0 Å². The molecule has 1 aliphatic rings. The molecule has 1 saturated heterocycles. The summed E-state index contributed by atoms with van der Waals surface area (Å²) < 4.78 is 29.3. The number of rotatable bonds is 4. The van der Waals surface area contributed by atoms with Crippen molar-refractivity contribution in [1.82, 2.24) is 4.72 Å². The highest BCUT2D eigenvalue weighted by Gasteiger charge is 2.35. The monoisotopic (exact) mass is 237 g/mol. The van der Waals surface area contributed by atoms with Gasteiger partial charge < -0.3 is 9.84 Å². The average Bonchev–Trinajstić information content (AvgIpc) is 2.50. The Hall–Kier alpha value is -1.15. The van der Waals surface area contributed by atoms with Crippen LogP contribution in [-0.4, -0.2) is 43.4 Å². The lowest BCUT2D eigenvalue weighted by molar-refractivity contribution is -0.139. The second kappa shape index (κ2) is 4.15. The van der Waals surface area contributed by atoms with Gasteiger partial charge in [-0.05, 0) is 6.92 Å². The number of nitrogens with one attached hydrogen (secondary N) is 1. The first kappa shape index (κ1) is 11.9. The van der Waals surface area contributed by atoms with E-state index < -0.39 is 33.3 Å². The van der Waals surface area contributed by atoms with Gasteiger partial charge in [0.2, 0.25) is 10.0 Å². The first-order valence-corrected chi connectivity index (χ1v) is 5.80. The third-order valence-electron chi connectivity index (χ3n) is 2.06. The molecule has 8 heteroatoms. The van der Waals surface area contributed by atoms with Crippen molar-refractivity contribution in [3.63, 3.8) is 0 Å². The number of hydrogen-bond acceptors (Lipinski definition) is 5. The quantitative estimate of drug-likeness (QED) is 0.588. The molecule has 0 radical (unpaired) electrons. The van der Waals surface area contributed by atoms with Gasteiger partial charge >= 0.3 is 11.9 Å². The van der Waals surface area contributed by atoms with E-state index in [0.29, 0.717) is 0 Å². The van der Waals surface area contributed by atoms with Crippen LogP contribution in [0.5, 0.6) is 0 Å². The predicted octanol–water partition coefficient (Wildman–Crippen LogP) is -1.31. The summed E-state index contributed by atoms with van der Waals surface area (Å²) in [5.41, 5.74) is 0. The molecule has 2 N–H and O–H groups in total. The van der Waals surface area contributed by atoms with Crippen molar-refractivity contribution < 1.29 is 27.9 Å². The maximum absolute atomic E-state index is 11.4.